The van der Waals surface area contributed by atoms with Crippen molar-refractivity contribution < 1.29 is 14.9 Å². The van der Waals surface area contributed by atoms with E-state index in [2.05, 4.69) is 0 Å². The molecule has 3 nitrogen and oxygen atoms in total. The zero-order valence-corrected chi connectivity index (χ0v) is 17.4. The minimum Gasteiger partial charge on any atom is -0.478 e. The normalized spacial score (nSPS) is 30.0. The largest absolute Gasteiger partial charge is 0.478 e. The Morgan fingerprint density at radius 1 is 0.897 bits per heavy atom. The monoisotopic (exact) mass is 446 g/mol. The van der Waals surface area contributed by atoms with E-state index < -0.39 is 17.3 Å². The highest BCUT2D eigenvalue weighted by atomic mass is 35.5. The van der Waals surface area contributed by atoms with E-state index in [9.17, 15) is 10.2 Å². The highest BCUT2D eigenvalue weighted by Crippen LogP contribution is 2.67. The molecule has 2 aliphatic rings. The van der Waals surface area contributed by atoms with Crippen LogP contribution in [-0.2, 0) is 11.2 Å². The second kappa shape index (κ2) is 6.63. The van der Waals surface area contributed by atoms with E-state index in [-0.39, 0.29) is 10.9 Å². The molecule has 0 unspecified atom stereocenters. The number of aliphatic hydroxyl groups excluding tert-OH is 1. The third kappa shape index (κ3) is 2.52. The summed E-state index contributed by atoms with van der Waals surface area (Å²) in [4.78, 5) is 0. The Bertz CT molecular complexity index is 1090. The fourth-order valence-corrected chi connectivity index (χ4v) is 5.73. The maximum atomic E-state index is 12.1. The number of ether oxygens (including phenoxy) is 1. The van der Waals surface area contributed by atoms with Gasteiger partial charge in [0.1, 0.15) is 5.75 Å². The molecule has 0 spiro atoms. The van der Waals surface area contributed by atoms with Gasteiger partial charge < -0.3 is 14.9 Å². The number of hydrogen-bond donors (Lipinski definition) is 2. The SMILES string of the molecule is O[C@@H]1C[C@@H](c2ccccc2)[C@]2(c3ccc(Cl)cc3)Oc3cc(Cl)cc(Cl)c3[C@]12O. The number of halogens is 3. The van der Waals surface area contributed by atoms with Gasteiger partial charge in [-0.15, -0.1) is 0 Å². The Hall–Kier alpha value is -1.75. The summed E-state index contributed by atoms with van der Waals surface area (Å²) in [6, 6.07) is 20.1. The van der Waals surface area contributed by atoms with E-state index in [4.69, 9.17) is 39.5 Å². The summed E-state index contributed by atoms with van der Waals surface area (Å²) < 4.78 is 6.52. The second-order valence-corrected chi connectivity index (χ2v) is 8.87. The van der Waals surface area contributed by atoms with Crippen LogP contribution in [0.4, 0.5) is 0 Å². The van der Waals surface area contributed by atoms with E-state index in [0.29, 0.717) is 33.3 Å². The van der Waals surface area contributed by atoms with Crippen LogP contribution in [0.5, 0.6) is 5.75 Å². The summed E-state index contributed by atoms with van der Waals surface area (Å²) >= 11 is 18.8. The van der Waals surface area contributed by atoms with Crippen molar-refractivity contribution in [1.29, 1.82) is 0 Å². The van der Waals surface area contributed by atoms with Crippen molar-refractivity contribution in [3.8, 4) is 5.75 Å². The minimum atomic E-state index is -1.75. The predicted molar refractivity (Wildman–Crippen MR) is 114 cm³/mol. The molecule has 5 rings (SSSR count). The zero-order valence-electron chi connectivity index (χ0n) is 15.1. The van der Waals surface area contributed by atoms with Crippen LogP contribution in [0.15, 0.2) is 66.7 Å². The first-order chi connectivity index (χ1) is 13.9. The summed E-state index contributed by atoms with van der Waals surface area (Å²) in [6.45, 7) is 0. The second-order valence-electron chi connectivity index (χ2n) is 7.59. The van der Waals surface area contributed by atoms with Gasteiger partial charge in [0.2, 0.25) is 0 Å². The van der Waals surface area contributed by atoms with E-state index in [0.717, 1.165) is 5.56 Å². The smallest absolute Gasteiger partial charge is 0.176 e. The van der Waals surface area contributed by atoms with Gasteiger partial charge in [-0.2, -0.15) is 0 Å². The number of aliphatic hydroxyl groups is 2. The lowest BCUT2D eigenvalue weighted by atomic mass is 9.71. The molecule has 2 N–H and O–H groups in total. The van der Waals surface area contributed by atoms with Gasteiger partial charge in [0, 0.05) is 16.0 Å². The molecule has 6 heteroatoms. The zero-order chi connectivity index (χ0) is 20.4. The molecule has 29 heavy (non-hydrogen) atoms. The van der Waals surface area contributed by atoms with Gasteiger partial charge >= 0.3 is 0 Å². The van der Waals surface area contributed by atoms with Crippen LogP contribution < -0.4 is 4.74 Å². The lowest BCUT2D eigenvalue weighted by molar-refractivity contribution is -0.149. The van der Waals surface area contributed by atoms with Crippen LogP contribution in [0, 0.1) is 0 Å². The van der Waals surface area contributed by atoms with Crippen LogP contribution in [0.2, 0.25) is 15.1 Å². The first-order valence-electron chi connectivity index (χ1n) is 9.28. The van der Waals surface area contributed by atoms with Crippen molar-refractivity contribution in [2.75, 3.05) is 0 Å². The molecule has 3 aromatic rings. The average molecular weight is 448 g/mol. The molecule has 3 aromatic carbocycles. The van der Waals surface area contributed by atoms with Gasteiger partial charge in [-0.05, 0) is 41.8 Å². The first-order valence-corrected chi connectivity index (χ1v) is 10.4. The molecule has 1 heterocycles. The van der Waals surface area contributed by atoms with Gasteiger partial charge in [-0.1, -0.05) is 77.3 Å². The van der Waals surface area contributed by atoms with Gasteiger partial charge in [0.15, 0.2) is 11.2 Å². The van der Waals surface area contributed by atoms with Crippen LogP contribution in [-0.4, -0.2) is 16.3 Å². The average Bonchev–Trinajstić information content (AvgIpc) is 3.09. The molecule has 1 aliphatic heterocycles. The Balaban J connectivity index is 1.83. The Labute approximate surface area is 183 Å². The number of benzene rings is 3. The quantitative estimate of drug-likeness (QED) is 0.532. The predicted octanol–water partition coefficient (Wildman–Crippen LogP) is 5.67. The summed E-state index contributed by atoms with van der Waals surface area (Å²) in [5.74, 6) is 0.0479. The Morgan fingerprint density at radius 3 is 2.28 bits per heavy atom. The molecule has 1 aliphatic carbocycles. The fraction of sp³-hybridized carbons (Fsp3) is 0.217. The molecule has 0 radical (unpaired) electrons. The Kier molecular flexibility index (Phi) is 4.39. The molecule has 148 valence electrons. The van der Waals surface area contributed by atoms with Gasteiger partial charge in [0.05, 0.1) is 16.7 Å². The molecule has 1 fully saturated rings. The third-order valence-corrected chi connectivity index (χ3v) is 6.91. The van der Waals surface area contributed by atoms with Crippen LogP contribution in [0.3, 0.4) is 0 Å². The lowest BCUT2D eigenvalue weighted by Gasteiger charge is -2.40. The molecule has 0 bridgehead atoms. The molecule has 0 aromatic heterocycles. The van der Waals surface area contributed by atoms with Crippen LogP contribution in [0.25, 0.3) is 0 Å². The topological polar surface area (TPSA) is 49.7 Å². The molecular formula is C23H17Cl3O3. The summed E-state index contributed by atoms with van der Waals surface area (Å²) in [5, 5.41) is 24.5. The van der Waals surface area contributed by atoms with Crippen LogP contribution >= 0.6 is 34.8 Å². The molecule has 1 saturated carbocycles. The summed E-state index contributed by atoms with van der Waals surface area (Å²) in [6.07, 6.45) is -0.787. The van der Waals surface area contributed by atoms with E-state index in [1.807, 2.05) is 42.5 Å². The highest BCUT2D eigenvalue weighted by Gasteiger charge is 2.73. The molecule has 4 atom stereocenters. The number of fused-ring (bicyclic) bond motifs is 3. The first kappa shape index (κ1) is 19.2. The number of rotatable bonds is 2. The van der Waals surface area contributed by atoms with Crippen molar-refractivity contribution in [3.05, 3.63) is 98.5 Å². The molecular weight excluding hydrogens is 431 g/mol. The maximum absolute atomic E-state index is 12.1. The Morgan fingerprint density at radius 2 is 1.59 bits per heavy atom. The van der Waals surface area contributed by atoms with Gasteiger partial charge in [0.25, 0.3) is 0 Å². The summed E-state index contributed by atoms with van der Waals surface area (Å²) in [5.41, 5.74) is -1.01. The van der Waals surface area contributed by atoms with E-state index in [1.54, 1.807) is 24.3 Å². The molecule has 0 saturated heterocycles. The van der Waals surface area contributed by atoms with Crippen LogP contribution in [0.1, 0.15) is 29.0 Å². The van der Waals surface area contributed by atoms with Crippen molar-refractivity contribution >= 4 is 34.8 Å². The standard InChI is InChI=1S/C23H17Cl3O3/c24-15-8-6-14(7-9-15)23-17(13-4-2-1-3-5-13)12-20(27)22(23,28)21-18(26)10-16(25)11-19(21)29-23/h1-11,17,20,27-28H,12H2/t17-,20+,22+,23-/m0/s1. The van der Waals surface area contributed by atoms with Crippen molar-refractivity contribution in [3.63, 3.8) is 0 Å². The van der Waals surface area contributed by atoms with Gasteiger partial charge in [-0.25, -0.2) is 0 Å². The fourth-order valence-electron chi connectivity index (χ4n) is 4.98. The number of hydrogen-bond acceptors (Lipinski definition) is 3. The van der Waals surface area contributed by atoms with Crippen molar-refractivity contribution in [1.82, 2.24) is 0 Å². The van der Waals surface area contributed by atoms with Crippen molar-refractivity contribution in [2.45, 2.75) is 29.6 Å². The molecule has 0 amide bonds. The lowest BCUT2D eigenvalue weighted by Crippen LogP contribution is -2.52. The summed E-state index contributed by atoms with van der Waals surface area (Å²) in [7, 11) is 0. The van der Waals surface area contributed by atoms with Crippen molar-refractivity contribution in [2.24, 2.45) is 0 Å². The van der Waals surface area contributed by atoms with E-state index in [1.165, 1.54) is 0 Å². The third-order valence-electron chi connectivity index (χ3n) is 6.14. The highest BCUT2D eigenvalue weighted by molar-refractivity contribution is 6.35. The maximum Gasteiger partial charge on any atom is 0.176 e. The minimum absolute atomic E-state index is 0.263. The van der Waals surface area contributed by atoms with Gasteiger partial charge in [-0.3, -0.25) is 0 Å². The van der Waals surface area contributed by atoms with E-state index >= 15 is 0 Å².